The number of fused-ring (bicyclic) bond motifs is 1. The summed E-state index contributed by atoms with van der Waals surface area (Å²) in [4.78, 5) is 0. The fraction of sp³-hybridized carbons (Fsp3) is 0.143. The first-order valence-electron chi connectivity index (χ1n) is 3.11. The van der Waals surface area contributed by atoms with Crippen molar-refractivity contribution in [3.05, 3.63) is 29.6 Å². The normalized spacial score (nSPS) is 21.0. The van der Waals surface area contributed by atoms with Gasteiger partial charge in [-0.25, -0.2) is 0 Å². The summed E-state index contributed by atoms with van der Waals surface area (Å²) in [5.74, 6) is 0.277. The second kappa shape index (κ2) is 2.39. The van der Waals surface area contributed by atoms with Crippen LogP contribution in [-0.4, -0.2) is 14.2 Å². The minimum atomic E-state index is -2.15. The van der Waals surface area contributed by atoms with E-state index >= 15 is 0 Å². The molecule has 0 bridgehead atoms. The van der Waals surface area contributed by atoms with E-state index in [-0.39, 0.29) is 5.82 Å². The number of benzene rings is 1. The number of rotatable bonds is 0. The van der Waals surface area contributed by atoms with Crippen LogP contribution in [0.15, 0.2) is 18.2 Å². The predicted molar refractivity (Wildman–Crippen MR) is 37.2 cm³/mol. The van der Waals surface area contributed by atoms with Crippen molar-refractivity contribution < 1.29 is 12.0 Å². The van der Waals surface area contributed by atoms with Gasteiger partial charge in [0.25, 0.3) is 0 Å². The molecule has 0 aliphatic carbocycles. The summed E-state index contributed by atoms with van der Waals surface area (Å²) in [5, 5.41) is 0.396. The number of hydrogen-bond donors (Lipinski definition) is 0. The molecule has 0 saturated heterocycles. The van der Waals surface area contributed by atoms with Crippen LogP contribution in [0.1, 0.15) is 5.56 Å². The van der Waals surface area contributed by atoms with Gasteiger partial charge in [0, 0.05) is 0 Å². The van der Waals surface area contributed by atoms with E-state index in [0.29, 0.717) is 11.1 Å². The Balaban J connectivity index is 2.51. The van der Waals surface area contributed by atoms with E-state index in [1.165, 1.54) is 18.2 Å². The van der Waals surface area contributed by atoms with E-state index in [1.54, 1.807) is 0 Å². The van der Waals surface area contributed by atoms with Crippen LogP contribution in [0.3, 0.4) is 0 Å². The van der Waals surface area contributed by atoms with Crippen molar-refractivity contribution >= 4 is 14.2 Å². The standard InChI is InChI=1S/C7H5FO2Se/c8-6-1-2-7-5(3-6)4-11(9)10-7/h1-3H,4H2. The summed E-state index contributed by atoms with van der Waals surface area (Å²) in [5.41, 5.74) is 0.727. The zero-order valence-corrected chi connectivity index (χ0v) is 7.25. The molecule has 2 rings (SSSR count). The van der Waals surface area contributed by atoms with Gasteiger partial charge < -0.3 is 0 Å². The Hall–Kier alpha value is -0.731. The summed E-state index contributed by atoms with van der Waals surface area (Å²) < 4.78 is 28.4. The van der Waals surface area contributed by atoms with Gasteiger partial charge in [-0.05, 0) is 0 Å². The van der Waals surface area contributed by atoms with Crippen LogP contribution in [0.25, 0.3) is 0 Å². The van der Waals surface area contributed by atoms with E-state index in [9.17, 15) is 8.23 Å². The van der Waals surface area contributed by atoms with E-state index in [4.69, 9.17) is 3.82 Å². The summed E-state index contributed by atoms with van der Waals surface area (Å²) in [6.07, 6.45) is 0. The van der Waals surface area contributed by atoms with E-state index in [0.717, 1.165) is 5.56 Å². The third-order valence-electron chi connectivity index (χ3n) is 1.48. The molecule has 1 aliphatic heterocycles. The fourth-order valence-electron chi connectivity index (χ4n) is 0.999. The van der Waals surface area contributed by atoms with Gasteiger partial charge in [0.2, 0.25) is 0 Å². The molecule has 0 radical (unpaired) electrons. The van der Waals surface area contributed by atoms with Crippen molar-refractivity contribution in [2.75, 3.05) is 0 Å². The fourth-order valence-corrected chi connectivity index (χ4v) is 2.89. The summed E-state index contributed by atoms with van der Waals surface area (Å²) >= 11 is -2.15. The molecule has 1 aromatic carbocycles. The Morgan fingerprint density at radius 1 is 1.55 bits per heavy atom. The first-order valence-corrected chi connectivity index (χ1v) is 5.72. The van der Waals surface area contributed by atoms with Crippen LogP contribution in [0, 0.1) is 5.82 Å². The molecule has 11 heavy (non-hydrogen) atoms. The molecular formula is C7H5FO2Se. The van der Waals surface area contributed by atoms with E-state index < -0.39 is 14.2 Å². The average molecular weight is 219 g/mol. The van der Waals surface area contributed by atoms with Crippen molar-refractivity contribution in [3.63, 3.8) is 0 Å². The van der Waals surface area contributed by atoms with Crippen LogP contribution in [0.5, 0.6) is 5.75 Å². The SMILES string of the molecule is O=[Se]1Cc2cc(F)ccc2O1. The van der Waals surface area contributed by atoms with Crippen LogP contribution < -0.4 is 3.82 Å². The van der Waals surface area contributed by atoms with Crippen LogP contribution in [0.4, 0.5) is 4.39 Å². The molecule has 1 aliphatic rings. The predicted octanol–water partition coefficient (Wildman–Crippen LogP) is 1.22. The monoisotopic (exact) mass is 220 g/mol. The quantitative estimate of drug-likeness (QED) is 0.613. The molecule has 1 atom stereocenters. The van der Waals surface area contributed by atoms with Crippen LogP contribution in [-0.2, 0) is 9.15 Å². The van der Waals surface area contributed by atoms with Crippen molar-refractivity contribution in [3.8, 4) is 5.75 Å². The van der Waals surface area contributed by atoms with E-state index in [2.05, 4.69) is 0 Å². The second-order valence-electron chi connectivity index (χ2n) is 2.28. The van der Waals surface area contributed by atoms with Crippen molar-refractivity contribution in [2.45, 2.75) is 5.32 Å². The average Bonchev–Trinajstić information content (AvgIpc) is 2.27. The molecule has 0 spiro atoms. The zero-order valence-electron chi connectivity index (χ0n) is 5.54. The van der Waals surface area contributed by atoms with Gasteiger partial charge in [-0.3, -0.25) is 0 Å². The summed E-state index contributed by atoms with van der Waals surface area (Å²) in [7, 11) is 0. The Morgan fingerprint density at radius 2 is 2.36 bits per heavy atom. The molecule has 2 nitrogen and oxygen atoms in total. The molecule has 1 aromatic rings. The Morgan fingerprint density at radius 3 is 3.18 bits per heavy atom. The molecule has 4 heteroatoms. The number of halogens is 1. The molecule has 0 aromatic heterocycles. The molecule has 1 heterocycles. The maximum absolute atomic E-state index is 12.5. The number of hydrogen-bond acceptors (Lipinski definition) is 2. The first kappa shape index (κ1) is 6.95. The topological polar surface area (TPSA) is 26.3 Å². The third-order valence-corrected chi connectivity index (χ3v) is 3.39. The minimum absolute atomic E-state index is 0.298. The maximum atomic E-state index is 12.5. The van der Waals surface area contributed by atoms with Gasteiger partial charge in [-0.2, -0.15) is 0 Å². The molecule has 0 fully saturated rings. The second-order valence-corrected chi connectivity index (χ2v) is 4.51. The summed E-state index contributed by atoms with van der Waals surface area (Å²) in [6, 6.07) is 4.20. The van der Waals surface area contributed by atoms with Crippen LogP contribution in [0.2, 0.25) is 0 Å². The molecule has 0 saturated carbocycles. The molecule has 0 N–H and O–H groups in total. The van der Waals surface area contributed by atoms with Crippen LogP contribution >= 0.6 is 0 Å². The molecular weight excluding hydrogens is 214 g/mol. The molecule has 0 amide bonds. The Labute approximate surface area is 67.4 Å². The van der Waals surface area contributed by atoms with Crippen molar-refractivity contribution in [1.29, 1.82) is 0 Å². The Bertz CT molecular complexity index is 324. The van der Waals surface area contributed by atoms with Gasteiger partial charge in [0.1, 0.15) is 0 Å². The van der Waals surface area contributed by atoms with Crippen molar-refractivity contribution in [1.82, 2.24) is 0 Å². The molecule has 1 unspecified atom stereocenters. The van der Waals surface area contributed by atoms with Gasteiger partial charge in [-0.1, -0.05) is 0 Å². The first-order chi connectivity index (χ1) is 5.25. The Kier molecular flexibility index (Phi) is 1.51. The zero-order chi connectivity index (χ0) is 7.84. The van der Waals surface area contributed by atoms with Crippen molar-refractivity contribution in [2.24, 2.45) is 0 Å². The molecule has 58 valence electrons. The summed E-state index contributed by atoms with van der Waals surface area (Å²) in [6.45, 7) is 0. The van der Waals surface area contributed by atoms with Gasteiger partial charge in [0.05, 0.1) is 0 Å². The third kappa shape index (κ3) is 1.19. The van der Waals surface area contributed by atoms with Gasteiger partial charge in [0.15, 0.2) is 0 Å². The van der Waals surface area contributed by atoms with Gasteiger partial charge in [-0.15, -0.1) is 0 Å². The van der Waals surface area contributed by atoms with E-state index in [1.807, 2.05) is 0 Å². The van der Waals surface area contributed by atoms with Gasteiger partial charge >= 0.3 is 66.9 Å².